The van der Waals surface area contributed by atoms with Crippen LogP contribution in [0, 0.1) is 0 Å². The summed E-state index contributed by atoms with van der Waals surface area (Å²) < 4.78 is 5.56. The van der Waals surface area contributed by atoms with Crippen molar-refractivity contribution in [3.05, 3.63) is 0 Å². The molecular weight excluding hydrogens is 216 g/mol. The third-order valence-electron chi connectivity index (χ3n) is 2.59. The summed E-state index contributed by atoms with van der Waals surface area (Å²) in [4.78, 5) is 11.7. The highest BCUT2D eigenvalue weighted by molar-refractivity contribution is 5.81. The van der Waals surface area contributed by atoms with Crippen LogP contribution in [0.1, 0.15) is 47.5 Å². The van der Waals surface area contributed by atoms with Gasteiger partial charge in [-0.1, -0.05) is 13.3 Å². The molecule has 0 saturated carbocycles. The van der Waals surface area contributed by atoms with E-state index in [0.29, 0.717) is 13.2 Å². The van der Waals surface area contributed by atoms with Gasteiger partial charge in [-0.15, -0.1) is 0 Å². The summed E-state index contributed by atoms with van der Waals surface area (Å²) >= 11 is 0. The fourth-order valence-corrected chi connectivity index (χ4v) is 1.47. The highest BCUT2D eigenvalue weighted by atomic mass is 16.5. The van der Waals surface area contributed by atoms with Crippen LogP contribution < -0.4 is 10.6 Å². The van der Waals surface area contributed by atoms with Crippen molar-refractivity contribution in [1.82, 2.24) is 10.6 Å². The molecule has 2 N–H and O–H groups in total. The number of amides is 1. The molecule has 102 valence electrons. The Kier molecular flexibility index (Phi) is 8.17. The van der Waals surface area contributed by atoms with E-state index in [1.54, 1.807) is 0 Å². The van der Waals surface area contributed by atoms with Gasteiger partial charge in [0.2, 0.25) is 5.91 Å². The lowest BCUT2D eigenvalue weighted by atomic mass is 10.1. The molecule has 1 atom stereocenters. The van der Waals surface area contributed by atoms with Gasteiger partial charge in [-0.2, -0.15) is 0 Å². The summed E-state index contributed by atoms with van der Waals surface area (Å²) in [6, 6.07) is -0.174. The van der Waals surface area contributed by atoms with Crippen molar-refractivity contribution < 1.29 is 9.53 Å². The zero-order valence-electron chi connectivity index (χ0n) is 11.9. The highest BCUT2D eigenvalue weighted by Crippen LogP contribution is 2.07. The maximum Gasteiger partial charge on any atom is 0.236 e. The molecule has 0 bridgehead atoms. The van der Waals surface area contributed by atoms with Gasteiger partial charge in [-0.05, 0) is 34.1 Å². The number of hydrogen-bond donors (Lipinski definition) is 2. The average Bonchev–Trinajstić information content (AvgIpc) is 2.26. The first-order valence-electron chi connectivity index (χ1n) is 6.58. The zero-order valence-corrected chi connectivity index (χ0v) is 11.9. The molecule has 17 heavy (non-hydrogen) atoms. The molecule has 0 rings (SSSR count). The maximum atomic E-state index is 11.7. The van der Waals surface area contributed by atoms with Gasteiger partial charge in [-0.25, -0.2) is 0 Å². The summed E-state index contributed by atoms with van der Waals surface area (Å²) in [7, 11) is 0. The summed E-state index contributed by atoms with van der Waals surface area (Å²) in [5.74, 6) is 0.0609. The van der Waals surface area contributed by atoms with Gasteiger partial charge in [0.05, 0.1) is 11.6 Å². The third kappa shape index (κ3) is 8.16. The van der Waals surface area contributed by atoms with E-state index in [-0.39, 0.29) is 17.6 Å². The molecule has 1 unspecified atom stereocenters. The normalized spacial score (nSPS) is 13.5. The predicted molar refractivity (Wildman–Crippen MR) is 71.1 cm³/mol. The number of unbranched alkanes of at least 4 members (excludes halogenated alkanes) is 1. The van der Waals surface area contributed by atoms with E-state index >= 15 is 0 Å². The predicted octanol–water partition coefficient (Wildman–Crippen LogP) is 1.70. The molecule has 1 amide bonds. The first kappa shape index (κ1) is 16.4. The Morgan fingerprint density at radius 2 is 2.00 bits per heavy atom. The van der Waals surface area contributed by atoms with E-state index in [2.05, 4.69) is 17.6 Å². The second-order valence-electron chi connectivity index (χ2n) is 4.94. The van der Waals surface area contributed by atoms with Crippen LogP contribution in [-0.4, -0.2) is 37.2 Å². The number of ether oxygens (including phenoxy) is 1. The topological polar surface area (TPSA) is 50.4 Å². The first-order valence-corrected chi connectivity index (χ1v) is 6.58. The van der Waals surface area contributed by atoms with Crippen LogP contribution in [0.5, 0.6) is 0 Å². The number of hydrogen-bond acceptors (Lipinski definition) is 3. The van der Waals surface area contributed by atoms with Crippen LogP contribution >= 0.6 is 0 Å². The maximum absolute atomic E-state index is 11.7. The molecular formula is C13H28N2O2. The SMILES string of the molecule is CCCCNC(=O)C(C)NCC(C)(C)OCC. The second kappa shape index (κ2) is 8.48. The van der Waals surface area contributed by atoms with E-state index in [1.807, 2.05) is 27.7 Å². The average molecular weight is 244 g/mol. The van der Waals surface area contributed by atoms with Gasteiger partial charge in [0.15, 0.2) is 0 Å². The van der Waals surface area contributed by atoms with Crippen molar-refractivity contribution in [3.8, 4) is 0 Å². The minimum atomic E-state index is -0.229. The van der Waals surface area contributed by atoms with E-state index in [9.17, 15) is 4.79 Å². The fourth-order valence-electron chi connectivity index (χ4n) is 1.47. The Morgan fingerprint density at radius 1 is 1.35 bits per heavy atom. The molecule has 0 aromatic rings. The van der Waals surface area contributed by atoms with Crippen molar-refractivity contribution in [1.29, 1.82) is 0 Å². The quantitative estimate of drug-likeness (QED) is 0.607. The molecule has 0 saturated heterocycles. The van der Waals surface area contributed by atoms with Crippen LogP contribution in [-0.2, 0) is 9.53 Å². The van der Waals surface area contributed by atoms with Gasteiger partial charge in [0.1, 0.15) is 0 Å². The van der Waals surface area contributed by atoms with Crippen LogP contribution in [0.25, 0.3) is 0 Å². The molecule has 4 nitrogen and oxygen atoms in total. The smallest absolute Gasteiger partial charge is 0.236 e. The molecule has 0 aromatic heterocycles. The van der Waals surface area contributed by atoms with Gasteiger partial charge < -0.3 is 15.4 Å². The van der Waals surface area contributed by atoms with E-state index in [0.717, 1.165) is 19.4 Å². The Labute approximate surface area is 105 Å². The Morgan fingerprint density at radius 3 is 2.53 bits per heavy atom. The fraction of sp³-hybridized carbons (Fsp3) is 0.923. The van der Waals surface area contributed by atoms with Crippen LogP contribution in [0.3, 0.4) is 0 Å². The van der Waals surface area contributed by atoms with Crippen molar-refractivity contribution in [2.75, 3.05) is 19.7 Å². The van der Waals surface area contributed by atoms with Crippen LogP contribution in [0.15, 0.2) is 0 Å². The monoisotopic (exact) mass is 244 g/mol. The number of rotatable bonds is 9. The molecule has 0 aliphatic heterocycles. The molecule has 0 aliphatic carbocycles. The molecule has 0 radical (unpaired) electrons. The van der Waals surface area contributed by atoms with E-state index < -0.39 is 0 Å². The molecule has 0 aliphatic rings. The zero-order chi connectivity index (χ0) is 13.3. The summed E-state index contributed by atoms with van der Waals surface area (Å²) in [6.45, 7) is 12.1. The van der Waals surface area contributed by atoms with Crippen molar-refractivity contribution >= 4 is 5.91 Å². The minimum absolute atomic E-state index is 0.0609. The van der Waals surface area contributed by atoms with Crippen LogP contribution in [0.2, 0.25) is 0 Å². The Bertz CT molecular complexity index is 217. The largest absolute Gasteiger partial charge is 0.375 e. The van der Waals surface area contributed by atoms with Gasteiger partial charge in [-0.3, -0.25) is 4.79 Å². The molecule has 0 heterocycles. The Balaban J connectivity index is 3.84. The summed E-state index contributed by atoms with van der Waals surface area (Å²) in [5.41, 5.74) is -0.229. The van der Waals surface area contributed by atoms with Gasteiger partial charge >= 0.3 is 0 Å². The second-order valence-corrected chi connectivity index (χ2v) is 4.94. The summed E-state index contributed by atoms with van der Waals surface area (Å²) in [6.07, 6.45) is 2.13. The van der Waals surface area contributed by atoms with E-state index in [4.69, 9.17) is 4.74 Å². The van der Waals surface area contributed by atoms with Gasteiger partial charge in [0.25, 0.3) is 0 Å². The first-order chi connectivity index (χ1) is 7.93. The lowest BCUT2D eigenvalue weighted by molar-refractivity contribution is -0.123. The van der Waals surface area contributed by atoms with Crippen molar-refractivity contribution in [2.45, 2.75) is 59.1 Å². The molecule has 0 spiro atoms. The lowest BCUT2D eigenvalue weighted by Gasteiger charge is -2.26. The number of carbonyl (C=O) groups is 1. The highest BCUT2D eigenvalue weighted by Gasteiger charge is 2.20. The third-order valence-corrected chi connectivity index (χ3v) is 2.59. The number of nitrogens with one attached hydrogen (secondary N) is 2. The van der Waals surface area contributed by atoms with Crippen molar-refractivity contribution in [2.24, 2.45) is 0 Å². The minimum Gasteiger partial charge on any atom is -0.375 e. The lowest BCUT2D eigenvalue weighted by Crippen LogP contribution is -2.48. The Hall–Kier alpha value is -0.610. The number of carbonyl (C=O) groups excluding carboxylic acids is 1. The standard InChI is InChI=1S/C13H28N2O2/c1-6-8-9-14-12(16)11(3)15-10-13(4,5)17-7-2/h11,15H,6-10H2,1-5H3,(H,14,16). The molecule has 0 aromatic carbocycles. The van der Waals surface area contributed by atoms with E-state index in [1.165, 1.54) is 0 Å². The van der Waals surface area contributed by atoms with Crippen molar-refractivity contribution in [3.63, 3.8) is 0 Å². The van der Waals surface area contributed by atoms with Crippen LogP contribution in [0.4, 0.5) is 0 Å². The van der Waals surface area contributed by atoms with Gasteiger partial charge in [0, 0.05) is 19.7 Å². The molecule has 0 fully saturated rings. The summed E-state index contributed by atoms with van der Waals surface area (Å²) in [5, 5.41) is 6.11. The molecule has 4 heteroatoms.